The van der Waals surface area contributed by atoms with Crippen molar-refractivity contribution in [1.29, 1.82) is 0 Å². The van der Waals surface area contributed by atoms with Crippen LogP contribution in [0.4, 0.5) is 13.2 Å². The summed E-state index contributed by atoms with van der Waals surface area (Å²) in [5.74, 6) is -2.63. The molecule has 0 aliphatic carbocycles. The molecule has 0 unspecified atom stereocenters. The third kappa shape index (κ3) is 3.77. The smallest absolute Gasteiger partial charge is 0.397 e. The number of halogens is 3. The van der Waals surface area contributed by atoms with E-state index in [2.05, 4.69) is 0 Å². The van der Waals surface area contributed by atoms with E-state index in [-0.39, 0.29) is 0 Å². The van der Waals surface area contributed by atoms with Gasteiger partial charge in [-0.2, -0.15) is 13.2 Å². The Kier molecular flexibility index (Phi) is 3.73. The number of hydrogen-bond acceptors (Lipinski definition) is 2. The van der Waals surface area contributed by atoms with E-state index in [9.17, 15) is 22.8 Å². The van der Waals surface area contributed by atoms with Crippen LogP contribution < -0.4 is 0 Å². The van der Waals surface area contributed by atoms with E-state index in [0.717, 1.165) is 20.9 Å². The number of alkyl halides is 3. The molecule has 0 aromatic rings. The predicted molar refractivity (Wildman–Crippen MR) is 45.2 cm³/mol. The minimum atomic E-state index is -4.63. The Hall–Kier alpha value is -1.27. The molecule has 0 saturated carbocycles. The quantitative estimate of drug-likeness (QED) is 0.789. The SMILES string of the molecule is CN(C(=O)CC(F)(F)F)C(C)(C)C(=O)O. The zero-order valence-corrected chi connectivity index (χ0v) is 8.55. The first-order valence-corrected chi connectivity index (χ1v) is 4.05. The van der Waals surface area contributed by atoms with Gasteiger partial charge in [0.25, 0.3) is 0 Å². The lowest BCUT2D eigenvalue weighted by molar-refractivity contribution is -0.170. The molecule has 0 saturated heterocycles. The average molecular weight is 227 g/mol. The maximum Gasteiger partial charge on any atom is 0.397 e. The first kappa shape index (κ1) is 13.7. The molecule has 88 valence electrons. The van der Waals surface area contributed by atoms with Gasteiger partial charge in [-0.15, -0.1) is 0 Å². The highest BCUT2D eigenvalue weighted by Crippen LogP contribution is 2.23. The Morgan fingerprint density at radius 1 is 1.27 bits per heavy atom. The van der Waals surface area contributed by atoms with Crippen LogP contribution in [0.15, 0.2) is 0 Å². The van der Waals surface area contributed by atoms with Crippen molar-refractivity contribution in [2.24, 2.45) is 0 Å². The van der Waals surface area contributed by atoms with Crippen LogP contribution in [0.25, 0.3) is 0 Å². The van der Waals surface area contributed by atoms with E-state index < -0.39 is 30.0 Å². The molecule has 15 heavy (non-hydrogen) atoms. The van der Waals surface area contributed by atoms with Gasteiger partial charge in [0.2, 0.25) is 5.91 Å². The van der Waals surface area contributed by atoms with Gasteiger partial charge in [0.1, 0.15) is 12.0 Å². The van der Waals surface area contributed by atoms with E-state index in [1.54, 1.807) is 0 Å². The largest absolute Gasteiger partial charge is 0.480 e. The summed E-state index contributed by atoms with van der Waals surface area (Å²) < 4.78 is 35.6. The van der Waals surface area contributed by atoms with Gasteiger partial charge >= 0.3 is 12.1 Å². The van der Waals surface area contributed by atoms with Crippen molar-refractivity contribution in [3.05, 3.63) is 0 Å². The summed E-state index contributed by atoms with van der Waals surface area (Å²) in [6.45, 7) is 2.31. The summed E-state index contributed by atoms with van der Waals surface area (Å²) >= 11 is 0. The van der Waals surface area contributed by atoms with Crippen LogP contribution in [0, 0.1) is 0 Å². The minimum absolute atomic E-state index is 0.572. The summed E-state index contributed by atoms with van der Waals surface area (Å²) in [7, 11) is 1.03. The molecular formula is C8H12F3NO3. The van der Waals surface area contributed by atoms with Crippen molar-refractivity contribution in [2.45, 2.75) is 32.0 Å². The number of carboxylic acids is 1. The van der Waals surface area contributed by atoms with Gasteiger partial charge < -0.3 is 10.0 Å². The maximum absolute atomic E-state index is 11.9. The lowest BCUT2D eigenvalue weighted by Gasteiger charge is -2.31. The first-order chi connectivity index (χ1) is 6.48. The number of amides is 1. The van der Waals surface area contributed by atoms with Crippen molar-refractivity contribution in [3.8, 4) is 0 Å². The molecule has 0 bridgehead atoms. The highest BCUT2D eigenvalue weighted by atomic mass is 19.4. The van der Waals surface area contributed by atoms with Crippen LogP contribution in [0.2, 0.25) is 0 Å². The van der Waals surface area contributed by atoms with Crippen LogP contribution in [0.1, 0.15) is 20.3 Å². The summed E-state index contributed by atoms with van der Waals surface area (Å²) in [6.07, 6.45) is -6.28. The second kappa shape index (κ2) is 4.08. The Morgan fingerprint density at radius 2 is 1.67 bits per heavy atom. The summed E-state index contributed by atoms with van der Waals surface area (Å²) in [6, 6.07) is 0. The number of carbonyl (C=O) groups is 2. The molecule has 0 aliphatic rings. The van der Waals surface area contributed by atoms with Gasteiger partial charge in [0.15, 0.2) is 0 Å². The second-order valence-electron chi connectivity index (χ2n) is 3.61. The number of carboxylic acid groups (broad SMARTS) is 1. The highest BCUT2D eigenvalue weighted by molar-refractivity contribution is 5.86. The van der Waals surface area contributed by atoms with E-state index in [4.69, 9.17) is 5.11 Å². The summed E-state index contributed by atoms with van der Waals surface area (Å²) in [5.41, 5.74) is -1.65. The van der Waals surface area contributed by atoms with Crippen molar-refractivity contribution < 1.29 is 27.9 Å². The third-order valence-corrected chi connectivity index (χ3v) is 2.09. The van der Waals surface area contributed by atoms with Crippen LogP contribution in [0.3, 0.4) is 0 Å². The molecular weight excluding hydrogens is 215 g/mol. The molecule has 0 heterocycles. The lowest BCUT2D eigenvalue weighted by atomic mass is 10.0. The molecule has 0 fully saturated rings. The van der Waals surface area contributed by atoms with Gasteiger partial charge in [-0.1, -0.05) is 0 Å². The molecule has 0 atom stereocenters. The monoisotopic (exact) mass is 227 g/mol. The molecule has 0 rings (SSSR count). The van der Waals surface area contributed by atoms with Gasteiger partial charge in [-0.3, -0.25) is 4.79 Å². The fourth-order valence-corrected chi connectivity index (χ4v) is 0.745. The number of hydrogen-bond donors (Lipinski definition) is 1. The zero-order valence-electron chi connectivity index (χ0n) is 8.55. The van der Waals surface area contributed by atoms with E-state index in [0.29, 0.717) is 4.90 Å². The molecule has 7 heteroatoms. The van der Waals surface area contributed by atoms with Crippen molar-refractivity contribution in [3.63, 3.8) is 0 Å². The fourth-order valence-electron chi connectivity index (χ4n) is 0.745. The van der Waals surface area contributed by atoms with Crippen LogP contribution in [-0.2, 0) is 9.59 Å². The van der Waals surface area contributed by atoms with Gasteiger partial charge in [0, 0.05) is 7.05 Å². The summed E-state index contributed by atoms with van der Waals surface area (Å²) in [5, 5.41) is 8.68. The van der Waals surface area contributed by atoms with Gasteiger partial charge in [-0.05, 0) is 13.8 Å². The molecule has 0 aromatic carbocycles. The lowest BCUT2D eigenvalue weighted by Crippen LogP contribution is -2.51. The predicted octanol–water partition coefficient (Wildman–Crippen LogP) is 1.26. The van der Waals surface area contributed by atoms with Crippen molar-refractivity contribution in [2.75, 3.05) is 7.05 Å². The fraction of sp³-hybridized carbons (Fsp3) is 0.750. The number of aliphatic carboxylic acids is 1. The number of likely N-dealkylation sites (N-methyl/N-ethyl adjacent to an activating group) is 1. The van der Waals surface area contributed by atoms with Crippen LogP contribution >= 0.6 is 0 Å². The Morgan fingerprint density at radius 3 is 1.93 bits per heavy atom. The Labute approximate surface area is 84.7 Å². The maximum atomic E-state index is 11.9. The van der Waals surface area contributed by atoms with Gasteiger partial charge in [0.05, 0.1) is 0 Å². The molecule has 4 nitrogen and oxygen atoms in total. The molecule has 1 N–H and O–H groups in total. The molecule has 0 radical (unpaired) electrons. The first-order valence-electron chi connectivity index (χ1n) is 4.05. The van der Waals surface area contributed by atoms with E-state index >= 15 is 0 Å². The van der Waals surface area contributed by atoms with Gasteiger partial charge in [-0.25, -0.2) is 4.79 Å². The van der Waals surface area contributed by atoms with Crippen molar-refractivity contribution in [1.82, 2.24) is 4.90 Å². The topological polar surface area (TPSA) is 57.6 Å². The Bertz CT molecular complexity index is 273. The molecule has 1 amide bonds. The van der Waals surface area contributed by atoms with Crippen LogP contribution in [-0.4, -0.2) is 40.6 Å². The number of nitrogens with zero attached hydrogens (tertiary/aromatic N) is 1. The third-order valence-electron chi connectivity index (χ3n) is 2.09. The van der Waals surface area contributed by atoms with Crippen molar-refractivity contribution >= 4 is 11.9 Å². The number of rotatable bonds is 3. The number of carbonyl (C=O) groups excluding carboxylic acids is 1. The normalized spacial score (nSPS) is 12.4. The minimum Gasteiger partial charge on any atom is -0.480 e. The zero-order chi connectivity index (χ0) is 12.4. The second-order valence-corrected chi connectivity index (χ2v) is 3.61. The van der Waals surface area contributed by atoms with E-state index in [1.165, 1.54) is 0 Å². The molecule has 0 aromatic heterocycles. The average Bonchev–Trinajstić information content (AvgIpc) is 1.99. The standard InChI is InChI=1S/C8H12F3NO3/c1-7(2,6(14)15)12(3)5(13)4-8(9,10)11/h4H2,1-3H3,(H,14,15). The van der Waals surface area contributed by atoms with Crippen LogP contribution in [0.5, 0.6) is 0 Å². The molecule has 0 spiro atoms. The highest BCUT2D eigenvalue weighted by Gasteiger charge is 2.40. The summed E-state index contributed by atoms with van der Waals surface area (Å²) in [4.78, 5) is 22.3. The Balaban J connectivity index is 4.66. The van der Waals surface area contributed by atoms with E-state index in [1.807, 2.05) is 0 Å². The molecule has 0 aliphatic heterocycles.